The Hall–Kier alpha value is -5.50. The number of carboxylic acids is 1. The maximum Gasteiger partial charge on any atom is 0.303 e. The first-order valence-corrected chi connectivity index (χ1v) is 15.8. The molecule has 6 rings (SSSR count). The highest BCUT2D eigenvalue weighted by atomic mass is 16.4. The average molecular weight is 628 g/mol. The molecule has 47 heavy (non-hydrogen) atoms. The molecule has 0 unspecified atom stereocenters. The molecule has 4 aromatic carbocycles. The summed E-state index contributed by atoms with van der Waals surface area (Å²) in [5.74, 6) is 0.700. The first kappa shape index (κ1) is 31.5. The number of hydrogen-bond donors (Lipinski definition) is 2. The number of nitrogens with zero attached hydrogens (tertiary/aromatic N) is 2. The van der Waals surface area contributed by atoms with Gasteiger partial charge in [-0.05, 0) is 71.5 Å². The quantitative estimate of drug-likeness (QED) is 0.129. The number of carbonyl (C=O) groups is 2. The molecule has 6 aromatic rings. The van der Waals surface area contributed by atoms with E-state index in [9.17, 15) is 9.59 Å². The van der Waals surface area contributed by atoms with Crippen molar-refractivity contribution in [2.24, 2.45) is 0 Å². The second-order valence-corrected chi connectivity index (χ2v) is 12.8. The lowest BCUT2D eigenvalue weighted by Crippen LogP contribution is -2.14. The van der Waals surface area contributed by atoms with E-state index in [1.54, 1.807) is 12.1 Å². The molecule has 0 fully saturated rings. The van der Waals surface area contributed by atoms with Crippen molar-refractivity contribution in [1.29, 1.82) is 0 Å². The smallest absolute Gasteiger partial charge is 0.303 e. The summed E-state index contributed by atoms with van der Waals surface area (Å²) in [6.07, 6.45) is 1.02. The average Bonchev–Trinajstić information content (AvgIpc) is 3.73. The SMILES string of the molecule is CC(C)(C)c1ccc(-c2nnc([C@H](Cc3ccc(-c4cc5ccccc5o4)cc3)Nc3ccc(C(=O)CCCC(=O)O)cc3)o2)cc1. The van der Waals surface area contributed by atoms with Gasteiger partial charge in [-0.3, -0.25) is 9.59 Å². The van der Waals surface area contributed by atoms with Gasteiger partial charge in [0.05, 0.1) is 0 Å². The predicted molar refractivity (Wildman–Crippen MR) is 182 cm³/mol. The summed E-state index contributed by atoms with van der Waals surface area (Å²) in [5, 5.41) is 22.3. The lowest BCUT2D eigenvalue weighted by Gasteiger charge is -2.18. The number of aromatic nitrogens is 2. The molecular weight excluding hydrogens is 590 g/mol. The van der Waals surface area contributed by atoms with Crippen molar-refractivity contribution in [1.82, 2.24) is 10.2 Å². The molecule has 2 aromatic heterocycles. The fourth-order valence-corrected chi connectivity index (χ4v) is 5.47. The molecule has 2 heterocycles. The van der Waals surface area contributed by atoms with Gasteiger partial charge < -0.3 is 19.3 Å². The highest BCUT2D eigenvalue weighted by molar-refractivity contribution is 5.96. The molecule has 0 aliphatic carbocycles. The van der Waals surface area contributed by atoms with Gasteiger partial charge in [-0.2, -0.15) is 0 Å². The molecular formula is C39H37N3O5. The number of furan rings is 1. The molecule has 0 radical (unpaired) electrons. The summed E-state index contributed by atoms with van der Waals surface area (Å²) in [6.45, 7) is 6.52. The van der Waals surface area contributed by atoms with Gasteiger partial charge in [-0.15, -0.1) is 10.2 Å². The van der Waals surface area contributed by atoms with E-state index in [0.717, 1.165) is 39.1 Å². The maximum absolute atomic E-state index is 12.6. The highest BCUT2D eigenvalue weighted by Gasteiger charge is 2.22. The Morgan fingerprint density at radius 1 is 0.809 bits per heavy atom. The summed E-state index contributed by atoms with van der Waals surface area (Å²) >= 11 is 0. The van der Waals surface area contributed by atoms with Gasteiger partial charge in [0, 0.05) is 47.0 Å². The van der Waals surface area contributed by atoms with Gasteiger partial charge in [0.15, 0.2) is 5.78 Å². The van der Waals surface area contributed by atoms with Crippen molar-refractivity contribution in [3.63, 3.8) is 0 Å². The molecule has 2 N–H and O–H groups in total. The number of anilines is 1. The van der Waals surface area contributed by atoms with Crippen molar-refractivity contribution in [2.75, 3.05) is 5.32 Å². The fourth-order valence-electron chi connectivity index (χ4n) is 5.47. The standard InChI is InChI=1S/C39H37N3O5/c1-39(2,3)30-19-15-28(16-20-30)37-41-42-38(47-37)32(40-31-21-17-26(18-22-31)33(43)8-6-10-36(44)45)23-25-11-13-27(14-12-25)35-24-29-7-4-5-9-34(29)46-35/h4-5,7,9,11-22,24,32,40H,6,8,10,23H2,1-3H3,(H,44,45)/t32-/m0/s1. The monoisotopic (exact) mass is 627 g/mol. The molecule has 0 saturated heterocycles. The molecule has 238 valence electrons. The number of ketones is 1. The van der Waals surface area contributed by atoms with Gasteiger partial charge in [0.1, 0.15) is 17.4 Å². The Morgan fingerprint density at radius 3 is 2.19 bits per heavy atom. The van der Waals surface area contributed by atoms with E-state index in [2.05, 4.69) is 60.6 Å². The number of aliphatic carboxylic acids is 1. The van der Waals surface area contributed by atoms with E-state index < -0.39 is 5.97 Å². The molecule has 0 aliphatic heterocycles. The lowest BCUT2D eigenvalue weighted by molar-refractivity contribution is -0.137. The van der Waals surface area contributed by atoms with E-state index in [1.807, 2.05) is 66.7 Å². The van der Waals surface area contributed by atoms with Crippen LogP contribution in [-0.4, -0.2) is 27.1 Å². The second kappa shape index (κ2) is 13.5. The number of nitrogens with one attached hydrogen (secondary N) is 1. The van der Waals surface area contributed by atoms with Crippen LogP contribution in [0.1, 0.15) is 73.5 Å². The zero-order valence-electron chi connectivity index (χ0n) is 26.7. The molecule has 0 aliphatic rings. The first-order chi connectivity index (χ1) is 22.6. The van der Waals surface area contributed by atoms with Gasteiger partial charge >= 0.3 is 5.97 Å². The van der Waals surface area contributed by atoms with Crippen LogP contribution in [0, 0.1) is 0 Å². The summed E-state index contributed by atoms with van der Waals surface area (Å²) in [4.78, 5) is 23.4. The van der Waals surface area contributed by atoms with Crippen LogP contribution in [0.3, 0.4) is 0 Å². The summed E-state index contributed by atoms with van der Waals surface area (Å²) in [6, 6.07) is 33.2. The second-order valence-electron chi connectivity index (χ2n) is 12.8. The van der Waals surface area contributed by atoms with Crippen LogP contribution in [0.5, 0.6) is 0 Å². The fraction of sp³-hybridized carbons (Fsp3) is 0.231. The Bertz CT molecular complexity index is 1950. The number of fused-ring (bicyclic) bond motifs is 1. The Morgan fingerprint density at radius 2 is 1.51 bits per heavy atom. The molecule has 8 heteroatoms. The van der Waals surface area contributed by atoms with E-state index in [4.69, 9.17) is 13.9 Å². The third-order valence-electron chi connectivity index (χ3n) is 8.18. The van der Waals surface area contributed by atoms with Crippen molar-refractivity contribution >= 4 is 28.4 Å². The molecule has 0 amide bonds. The van der Waals surface area contributed by atoms with E-state index in [-0.39, 0.29) is 30.1 Å². The van der Waals surface area contributed by atoms with E-state index >= 15 is 0 Å². The molecule has 0 bridgehead atoms. The van der Waals surface area contributed by atoms with Gasteiger partial charge in [0.2, 0.25) is 11.8 Å². The summed E-state index contributed by atoms with van der Waals surface area (Å²) < 4.78 is 12.3. The minimum absolute atomic E-state index is 0.0286. The lowest BCUT2D eigenvalue weighted by atomic mass is 9.87. The van der Waals surface area contributed by atoms with Gasteiger partial charge in [-0.25, -0.2) is 0 Å². The van der Waals surface area contributed by atoms with Crippen molar-refractivity contribution in [2.45, 2.75) is 57.9 Å². The minimum atomic E-state index is -0.904. The number of carbonyl (C=O) groups excluding carboxylic acids is 1. The predicted octanol–water partition coefficient (Wildman–Crippen LogP) is 9.28. The van der Waals surface area contributed by atoms with Crippen LogP contribution in [0.15, 0.2) is 112 Å². The molecule has 1 atom stereocenters. The van der Waals surface area contributed by atoms with Crippen LogP contribution in [0.2, 0.25) is 0 Å². The van der Waals surface area contributed by atoms with Crippen molar-refractivity contribution in [3.05, 3.63) is 126 Å². The van der Waals surface area contributed by atoms with Gasteiger partial charge in [0.25, 0.3) is 0 Å². The van der Waals surface area contributed by atoms with Gasteiger partial charge in [-0.1, -0.05) is 75.4 Å². The Balaban J connectivity index is 1.23. The zero-order valence-corrected chi connectivity index (χ0v) is 26.7. The Kier molecular flexibility index (Phi) is 9.02. The van der Waals surface area contributed by atoms with Crippen LogP contribution in [0.25, 0.3) is 33.7 Å². The maximum atomic E-state index is 12.6. The zero-order chi connectivity index (χ0) is 33.0. The summed E-state index contributed by atoms with van der Waals surface area (Å²) in [7, 11) is 0. The van der Waals surface area contributed by atoms with Crippen molar-refractivity contribution < 1.29 is 23.5 Å². The van der Waals surface area contributed by atoms with Crippen molar-refractivity contribution in [3.8, 4) is 22.8 Å². The number of Topliss-reactive ketones (excluding diaryl/α,β-unsaturated/α-hetero) is 1. The normalized spacial score (nSPS) is 12.2. The number of rotatable bonds is 12. The molecule has 0 saturated carbocycles. The first-order valence-electron chi connectivity index (χ1n) is 15.8. The van der Waals surface area contributed by atoms with Crippen LogP contribution in [-0.2, 0) is 16.6 Å². The third kappa shape index (κ3) is 7.66. The number of carboxylic acid groups (broad SMARTS) is 1. The topological polar surface area (TPSA) is 118 Å². The minimum Gasteiger partial charge on any atom is -0.481 e. The highest BCUT2D eigenvalue weighted by Crippen LogP contribution is 2.31. The van der Waals surface area contributed by atoms with E-state index in [1.165, 1.54) is 5.56 Å². The summed E-state index contributed by atoms with van der Waals surface area (Å²) in [5.41, 5.74) is 6.31. The van der Waals surface area contributed by atoms with Crippen LogP contribution >= 0.6 is 0 Å². The molecule has 0 spiro atoms. The third-order valence-corrected chi connectivity index (χ3v) is 8.18. The van der Waals surface area contributed by atoms with Crippen LogP contribution < -0.4 is 5.32 Å². The number of para-hydroxylation sites is 1. The van der Waals surface area contributed by atoms with E-state index in [0.29, 0.717) is 30.2 Å². The Labute approximate surface area is 273 Å². The number of hydrogen-bond acceptors (Lipinski definition) is 7. The largest absolute Gasteiger partial charge is 0.481 e. The number of benzene rings is 4. The van der Waals surface area contributed by atoms with Crippen LogP contribution in [0.4, 0.5) is 5.69 Å². The molecule has 8 nitrogen and oxygen atoms in total.